The minimum atomic E-state index is 0.339. The van der Waals surface area contributed by atoms with E-state index in [2.05, 4.69) is 47.8 Å². The molecule has 0 atom stereocenters. The minimum Gasteiger partial charge on any atom is -0.374 e. The summed E-state index contributed by atoms with van der Waals surface area (Å²) in [7, 11) is 2.14. The van der Waals surface area contributed by atoms with E-state index in [0.29, 0.717) is 5.41 Å². The summed E-state index contributed by atoms with van der Waals surface area (Å²) in [4.78, 5) is 2.31. The minimum absolute atomic E-state index is 0.339. The SMILES string of the molecule is CCCC(CBr)(CCC)CN(C)c1ccc(C#N)cc1. The van der Waals surface area contributed by atoms with Gasteiger partial charge in [0.05, 0.1) is 11.6 Å². The lowest BCUT2D eigenvalue weighted by Gasteiger charge is -2.36. The molecule has 0 saturated carbocycles. The molecule has 0 aromatic heterocycles. The zero-order valence-electron chi connectivity index (χ0n) is 12.8. The molecule has 0 amide bonds. The van der Waals surface area contributed by atoms with Gasteiger partial charge in [-0.05, 0) is 42.5 Å². The molecule has 3 heteroatoms. The first-order valence-corrected chi connectivity index (χ1v) is 8.50. The monoisotopic (exact) mass is 336 g/mol. The van der Waals surface area contributed by atoms with E-state index < -0.39 is 0 Å². The van der Waals surface area contributed by atoms with Crippen LogP contribution in [0.1, 0.15) is 45.1 Å². The number of alkyl halides is 1. The molecule has 0 aliphatic carbocycles. The van der Waals surface area contributed by atoms with Gasteiger partial charge in [0, 0.05) is 24.6 Å². The number of nitrogens with zero attached hydrogens (tertiary/aromatic N) is 2. The molecule has 1 rings (SSSR count). The number of anilines is 1. The van der Waals surface area contributed by atoms with Crippen LogP contribution in [0.3, 0.4) is 0 Å². The van der Waals surface area contributed by atoms with E-state index in [1.807, 2.05) is 24.3 Å². The largest absolute Gasteiger partial charge is 0.374 e. The van der Waals surface area contributed by atoms with Crippen molar-refractivity contribution in [1.82, 2.24) is 0 Å². The molecule has 0 fully saturated rings. The first-order valence-electron chi connectivity index (χ1n) is 7.38. The molecule has 0 unspecified atom stereocenters. The molecule has 1 aromatic carbocycles. The molecule has 0 heterocycles. The van der Waals surface area contributed by atoms with E-state index >= 15 is 0 Å². The highest BCUT2D eigenvalue weighted by Gasteiger charge is 2.28. The summed E-state index contributed by atoms with van der Waals surface area (Å²) in [6.45, 7) is 5.56. The van der Waals surface area contributed by atoms with Crippen LogP contribution < -0.4 is 4.90 Å². The van der Waals surface area contributed by atoms with E-state index in [1.54, 1.807) is 0 Å². The highest BCUT2D eigenvalue weighted by atomic mass is 79.9. The molecule has 110 valence electrons. The Labute approximate surface area is 131 Å². The maximum absolute atomic E-state index is 8.86. The van der Waals surface area contributed by atoms with Gasteiger partial charge in [0.2, 0.25) is 0 Å². The fraction of sp³-hybridized carbons (Fsp3) is 0.588. The van der Waals surface area contributed by atoms with Crippen LogP contribution in [-0.4, -0.2) is 18.9 Å². The summed E-state index contributed by atoms with van der Waals surface area (Å²) < 4.78 is 0. The van der Waals surface area contributed by atoms with Crippen LogP contribution in [0.5, 0.6) is 0 Å². The van der Waals surface area contributed by atoms with Crippen molar-refractivity contribution in [3.63, 3.8) is 0 Å². The topological polar surface area (TPSA) is 27.0 Å². The lowest BCUT2D eigenvalue weighted by Crippen LogP contribution is -2.37. The fourth-order valence-corrected chi connectivity index (χ4v) is 3.64. The van der Waals surface area contributed by atoms with Gasteiger partial charge in [0.25, 0.3) is 0 Å². The first kappa shape index (κ1) is 17.0. The van der Waals surface area contributed by atoms with Crippen LogP contribution in [0.4, 0.5) is 5.69 Å². The molecule has 1 aromatic rings. The standard InChI is InChI=1S/C17H25BrN2/c1-4-10-17(13-18,11-5-2)14-20(3)16-8-6-15(12-19)7-9-16/h6-9H,4-5,10-11,13-14H2,1-3H3. The van der Waals surface area contributed by atoms with Crippen molar-refractivity contribution in [1.29, 1.82) is 5.26 Å². The molecule has 0 N–H and O–H groups in total. The van der Waals surface area contributed by atoms with Crippen molar-refractivity contribution in [3.8, 4) is 6.07 Å². The van der Waals surface area contributed by atoms with Crippen LogP contribution in [0, 0.1) is 16.7 Å². The van der Waals surface area contributed by atoms with Gasteiger partial charge in [0.1, 0.15) is 0 Å². The van der Waals surface area contributed by atoms with Crippen molar-refractivity contribution >= 4 is 21.6 Å². The number of benzene rings is 1. The normalized spacial score (nSPS) is 11.2. The number of hydrogen-bond acceptors (Lipinski definition) is 2. The quantitative estimate of drug-likeness (QED) is 0.626. The van der Waals surface area contributed by atoms with E-state index in [9.17, 15) is 0 Å². The Morgan fingerprint density at radius 3 is 2.10 bits per heavy atom. The predicted octanol–water partition coefficient (Wildman–Crippen LogP) is 4.98. The lowest BCUT2D eigenvalue weighted by molar-refractivity contribution is 0.283. The van der Waals surface area contributed by atoms with Gasteiger partial charge in [-0.3, -0.25) is 0 Å². The first-order chi connectivity index (χ1) is 9.60. The Hall–Kier alpha value is -1.01. The second-order valence-corrected chi connectivity index (χ2v) is 6.21. The summed E-state index contributed by atoms with van der Waals surface area (Å²) in [6, 6.07) is 10.0. The summed E-state index contributed by atoms with van der Waals surface area (Å²) in [6.07, 6.45) is 4.92. The van der Waals surface area contributed by atoms with Crippen LogP contribution in [-0.2, 0) is 0 Å². The van der Waals surface area contributed by atoms with Crippen LogP contribution in [0.25, 0.3) is 0 Å². The van der Waals surface area contributed by atoms with Gasteiger partial charge < -0.3 is 4.90 Å². The number of nitriles is 1. The molecule has 0 bridgehead atoms. The van der Waals surface area contributed by atoms with Gasteiger partial charge in [0.15, 0.2) is 0 Å². The Morgan fingerprint density at radius 2 is 1.70 bits per heavy atom. The maximum Gasteiger partial charge on any atom is 0.0991 e. The number of halogens is 1. The maximum atomic E-state index is 8.86. The van der Waals surface area contributed by atoms with E-state index in [0.717, 1.165) is 17.4 Å². The average molecular weight is 337 g/mol. The van der Waals surface area contributed by atoms with Gasteiger partial charge in [-0.15, -0.1) is 0 Å². The zero-order chi connectivity index (χ0) is 15.0. The molecule has 0 radical (unpaired) electrons. The summed E-state index contributed by atoms with van der Waals surface area (Å²) >= 11 is 3.73. The Bertz CT molecular complexity index is 427. The fourth-order valence-electron chi connectivity index (χ4n) is 2.90. The van der Waals surface area contributed by atoms with Crippen LogP contribution in [0.15, 0.2) is 24.3 Å². The number of rotatable bonds is 8. The van der Waals surface area contributed by atoms with Crippen molar-refractivity contribution in [3.05, 3.63) is 29.8 Å². The van der Waals surface area contributed by atoms with Gasteiger partial charge >= 0.3 is 0 Å². The zero-order valence-corrected chi connectivity index (χ0v) is 14.4. The Balaban J connectivity index is 2.83. The lowest BCUT2D eigenvalue weighted by atomic mass is 9.80. The smallest absolute Gasteiger partial charge is 0.0991 e. The van der Waals surface area contributed by atoms with Crippen LogP contribution in [0.2, 0.25) is 0 Å². The molecule has 0 spiro atoms. The third-order valence-corrected chi connectivity index (χ3v) is 5.04. The highest BCUT2D eigenvalue weighted by molar-refractivity contribution is 9.09. The Morgan fingerprint density at radius 1 is 1.15 bits per heavy atom. The second-order valence-electron chi connectivity index (χ2n) is 5.65. The van der Waals surface area contributed by atoms with Crippen LogP contribution >= 0.6 is 15.9 Å². The summed E-state index contributed by atoms with van der Waals surface area (Å²) in [5, 5.41) is 9.91. The average Bonchev–Trinajstić information content (AvgIpc) is 2.47. The Kier molecular flexibility index (Phi) is 7.09. The highest BCUT2D eigenvalue weighted by Crippen LogP contribution is 2.34. The van der Waals surface area contributed by atoms with Crippen molar-refractivity contribution in [2.45, 2.75) is 39.5 Å². The molecule has 0 aliphatic rings. The molecule has 0 aliphatic heterocycles. The van der Waals surface area contributed by atoms with Gasteiger partial charge in [-0.25, -0.2) is 0 Å². The van der Waals surface area contributed by atoms with E-state index in [1.165, 1.54) is 31.4 Å². The van der Waals surface area contributed by atoms with Crippen molar-refractivity contribution in [2.75, 3.05) is 23.8 Å². The molecular formula is C17H25BrN2. The van der Waals surface area contributed by atoms with Crippen molar-refractivity contribution < 1.29 is 0 Å². The summed E-state index contributed by atoms with van der Waals surface area (Å²) in [5.41, 5.74) is 2.24. The second kappa shape index (κ2) is 8.32. The van der Waals surface area contributed by atoms with E-state index in [-0.39, 0.29) is 0 Å². The van der Waals surface area contributed by atoms with Gasteiger partial charge in [-0.2, -0.15) is 5.26 Å². The van der Waals surface area contributed by atoms with E-state index in [4.69, 9.17) is 5.26 Å². The van der Waals surface area contributed by atoms with Gasteiger partial charge in [-0.1, -0.05) is 42.6 Å². The predicted molar refractivity (Wildman–Crippen MR) is 90.5 cm³/mol. The van der Waals surface area contributed by atoms with Crippen molar-refractivity contribution in [2.24, 2.45) is 5.41 Å². The third-order valence-electron chi connectivity index (χ3n) is 3.85. The number of hydrogen-bond donors (Lipinski definition) is 0. The molecule has 20 heavy (non-hydrogen) atoms. The molecule has 2 nitrogen and oxygen atoms in total. The summed E-state index contributed by atoms with van der Waals surface area (Å²) in [5.74, 6) is 0. The molecular weight excluding hydrogens is 312 g/mol. The third kappa shape index (κ3) is 4.52. The molecule has 0 saturated heterocycles.